The second-order valence-electron chi connectivity index (χ2n) is 4.62. The van der Waals surface area contributed by atoms with Crippen LogP contribution in [0, 0.1) is 0 Å². The van der Waals surface area contributed by atoms with E-state index in [-0.39, 0.29) is 0 Å². The van der Waals surface area contributed by atoms with Crippen molar-refractivity contribution in [1.82, 2.24) is 10.6 Å². The molecule has 0 saturated carbocycles. The van der Waals surface area contributed by atoms with Crippen LogP contribution in [0.25, 0.3) is 0 Å². The lowest BCUT2D eigenvalue weighted by molar-refractivity contribution is 0.460. The van der Waals surface area contributed by atoms with Crippen molar-refractivity contribution in [2.45, 2.75) is 25.2 Å². The summed E-state index contributed by atoms with van der Waals surface area (Å²) in [5, 5.41) is 6.63. The summed E-state index contributed by atoms with van der Waals surface area (Å²) in [5.74, 6) is 0.774. The normalized spacial score (nSPS) is 17.6. The zero-order valence-corrected chi connectivity index (χ0v) is 10.1. The van der Waals surface area contributed by atoms with Crippen molar-refractivity contribution in [3.63, 3.8) is 0 Å². The molecular formula is C14H22N2. The third kappa shape index (κ3) is 3.06. The van der Waals surface area contributed by atoms with Gasteiger partial charge in [0.15, 0.2) is 0 Å². The van der Waals surface area contributed by atoms with Crippen molar-refractivity contribution < 1.29 is 0 Å². The SMILES string of the molecule is CNCCc1cccc(C2CCNCC2)c1. The molecule has 2 N–H and O–H groups in total. The summed E-state index contributed by atoms with van der Waals surface area (Å²) in [4.78, 5) is 0. The van der Waals surface area contributed by atoms with Crippen LogP contribution in [-0.4, -0.2) is 26.7 Å². The maximum Gasteiger partial charge on any atom is -0.00114 e. The van der Waals surface area contributed by atoms with E-state index in [1.54, 1.807) is 0 Å². The molecular weight excluding hydrogens is 196 g/mol. The molecule has 0 aliphatic carbocycles. The highest BCUT2D eigenvalue weighted by Gasteiger charge is 2.14. The van der Waals surface area contributed by atoms with Gasteiger partial charge in [0, 0.05) is 0 Å². The highest BCUT2D eigenvalue weighted by molar-refractivity contribution is 5.27. The lowest BCUT2D eigenvalue weighted by Gasteiger charge is -2.23. The molecule has 0 atom stereocenters. The van der Waals surface area contributed by atoms with E-state index < -0.39 is 0 Å². The fourth-order valence-corrected chi connectivity index (χ4v) is 2.43. The molecule has 2 rings (SSSR count). The van der Waals surface area contributed by atoms with Crippen molar-refractivity contribution >= 4 is 0 Å². The van der Waals surface area contributed by atoms with Crippen LogP contribution in [0.5, 0.6) is 0 Å². The van der Waals surface area contributed by atoms with Crippen molar-refractivity contribution in [3.8, 4) is 0 Å². The topological polar surface area (TPSA) is 24.1 Å². The minimum atomic E-state index is 0.774. The van der Waals surface area contributed by atoms with E-state index in [1.165, 1.54) is 37.1 Å². The summed E-state index contributed by atoms with van der Waals surface area (Å²) >= 11 is 0. The molecule has 0 unspecified atom stereocenters. The van der Waals surface area contributed by atoms with Crippen LogP contribution in [-0.2, 0) is 6.42 Å². The first kappa shape index (κ1) is 11.6. The number of hydrogen-bond acceptors (Lipinski definition) is 2. The summed E-state index contributed by atoms with van der Waals surface area (Å²) < 4.78 is 0. The molecule has 16 heavy (non-hydrogen) atoms. The Kier molecular flexibility index (Phi) is 4.37. The fraction of sp³-hybridized carbons (Fsp3) is 0.571. The molecule has 0 spiro atoms. The van der Waals surface area contributed by atoms with E-state index in [9.17, 15) is 0 Å². The molecule has 0 bridgehead atoms. The zero-order chi connectivity index (χ0) is 11.2. The largest absolute Gasteiger partial charge is 0.319 e. The van der Waals surface area contributed by atoms with Crippen LogP contribution in [0.15, 0.2) is 24.3 Å². The Balaban J connectivity index is 2.02. The Morgan fingerprint density at radius 2 is 2.12 bits per heavy atom. The molecule has 1 aromatic carbocycles. The van der Waals surface area contributed by atoms with Crippen LogP contribution >= 0.6 is 0 Å². The first-order chi connectivity index (χ1) is 7.90. The highest BCUT2D eigenvalue weighted by atomic mass is 14.9. The molecule has 1 aliphatic heterocycles. The van der Waals surface area contributed by atoms with Gasteiger partial charge in [-0.15, -0.1) is 0 Å². The maximum atomic E-state index is 3.42. The maximum absolute atomic E-state index is 3.42. The Hall–Kier alpha value is -0.860. The van der Waals surface area contributed by atoms with Gasteiger partial charge >= 0.3 is 0 Å². The minimum absolute atomic E-state index is 0.774. The standard InChI is InChI=1S/C14H22N2/c1-15-8-5-12-3-2-4-14(11-12)13-6-9-16-10-7-13/h2-4,11,13,15-16H,5-10H2,1H3. The number of nitrogens with one attached hydrogen (secondary N) is 2. The Bertz CT molecular complexity index is 316. The van der Waals surface area contributed by atoms with Gasteiger partial charge in [-0.3, -0.25) is 0 Å². The van der Waals surface area contributed by atoms with Gasteiger partial charge < -0.3 is 10.6 Å². The lowest BCUT2D eigenvalue weighted by Crippen LogP contribution is -2.26. The number of likely N-dealkylation sites (N-methyl/N-ethyl adjacent to an activating group) is 1. The van der Waals surface area contributed by atoms with Crippen molar-refractivity contribution in [2.75, 3.05) is 26.7 Å². The minimum Gasteiger partial charge on any atom is -0.319 e. The van der Waals surface area contributed by atoms with E-state index in [1.807, 2.05) is 7.05 Å². The van der Waals surface area contributed by atoms with Gasteiger partial charge in [0.25, 0.3) is 0 Å². The van der Waals surface area contributed by atoms with Crippen LogP contribution in [0.4, 0.5) is 0 Å². The smallest absolute Gasteiger partial charge is 0.00114 e. The average Bonchev–Trinajstić information content (AvgIpc) is 2.38. The first-order valence-corrected chi connectivity index (χ1v) is 6.34. The number of piperidine rings is 1. The van der Waals surface area contributed by atoms with Gasteiger partial charge in [0.2, 0.25) is 0 Å². The van der Waals surface area contributed by atoms with Crippen LogP contribution in [0.2, 0.25) is 0 Å². The molecule has 1 heterocycles. The second-order valence-corrected chi connectivity index (χ2v) is 4.62. The van der Waals surface area contributed by atoms with Crippen molar-refractivity contribution in [2.24, 2.45) is 0 Å². The predicted molar refractivity (Wildman–Crippen MR) is 68.9 cm³/mol. The summed E-state index contributed by atoms with van der Waals surface area (Å²) in [6.07, 6.45) is 3.71. The molecule has 1 aliphatic rings. The molecule has 0 amide bonds. The molecule has 1 aromatic rings. The lowest BCUT2D eigenvalue weighted by atomic mass is 9.89. The molecule has 1 saturated heterocycles. The van der Waals surface area contributed by atoms with Gasteiger partial charge in [-0.05, 0) is 63.0 Å². The molecule has 0 aromatic heterocycles. The molecule has 0 radical (unpaired) electrons. The molecule has 2 heteroatoms. The Morgan fingerprint density at radius 3 is 2.88 bits per heavy atom. The molecule has 88 valence electrons. The van der Waals surface area contributed by atoms with E-state index in [4.69, 9.17) is 0 Å². The van der Waals surface area contributed by atoms with Crippen LogP contribution in [0.3, 0.4) is 0 Å². The fourth-order valence-electron chi connectivity index (χ4n) is 2.43. The molecule has 2 nitrogen and oxygen atoms in total. The highest BCUT2D eigenvalue weighted by Crippen LogP contribution is 2.25. The average molecular weight is 218 g/mol. The van der Waals surface area contributed by atoms with Crippen molar-refractivity contribution in [1.29, 1.82) is 0 Å². The van der Waals surface area contributed by atoms with E-state index >= 15 is 0 Å². The Labute approximate surface area is 98.4 Å². The predicted octanol–water partition coefficient (Wildman–Crippen LogP) is 1.92. The first-order valence-electron chi connectivity index (χ1n) is 6.34. The summed E-state index contributed by atoms with van der Waals surface area (Å²) in [6, 6.07) is 9.14. The van der Waals surface area contributed by atoms with E-state index in [0.717, 1.165) is 18.9 Å². The van der Waals surface area contributed by atoms with Gasteiger partial charge in [-0.25, -0.2) is 0 Å². The van der Waals surface area contributed by atoms with Gasteiger partial charge in [0.1, 0.15) is 0 Å². The Morgan fingerprint density at radius 1 is 1.31 bits per heavy atom. The third-order valence-electron chi connectivity index (χ3n) is 3.43. The van der Waals surface area contributed by atoms with E-state index in [2.05, 4.69) is 34.9 Å². The van der Waals surface area contributed by atoms with Crippen LogP contribution < -0.4 is 10.6 Å². The summed E-state index contributed by atoms with van der Waals surface area (Å²) in [5.41, 5.74) is 3.00. The number of hydrogen-bond donors (Lipinski definition) is 2. The van der Waals surface area contributed by atoms with Crippen LogP contribution in [0.1, 0.15) is 29.9 Å². The third-order valence-corrected chi connectivity index (χ3v) is 3.43. The van der Waals surface area contributed by atoms with E-state index in [0.29, 0.717) is 0 Å². The van der Waals surface area contributed by atoms with Crippen molar-refractivity contribution in [3.05, 3.63) is 35.4 Å². The number of benzene rings is 1. The van der Waals surface area contributed by atoms with Gasteiger partial charge in [-0.1, -0.05) is 24.3 Å². The second kappa shape index (κ2) is 6.02. The van der Waals surface area contributed by atoms with Gasteiger partial charge in [-0.2, -0.15) is 0 Å². The molecule has 1 fully saturated rings. The number of rotatable bonds is 4. The summed E-state index contributed by atoms with van der Waals surface area (Å²) in [6.45, 7) is 3.41. The monoisotopic (exact) mass is 218 g/mol. The zero-order valence-electron chi connectivity index (χ0n) is 10.1. The quantitative estimate of drug-likeness (QED) is 0.807. The summed E-state index contributed by atoms with van der Waals surface area (Å²) in [7, 11) is 2.01. The van der Waals surface area contributed by atoms with Gasteiger partial charge in [0.05, 0.1) is 0 Å².